The largest absolute Gasteiger partial charge is 0.468 e. The number of nitrogens with zero attached hydrogens (tertiary/aromatic N) is 2. The van der Waals surface area contributed by atoms with E-state index in [9.17, 15) is 19.6 Å². The second-order valence-corrected chi connectivity index (χ2v) is 8.69. The number of benzene rings is 1. The first-order chi connectivity index (χ1) is 15.5. The van der Waals surface area contributed by atoms with Gasteiger partial charge in [-0.25, -0.2) is 0 Å². The van der Waals surface area contributed by atoms with E-state index in [1.807, 2.05) is 35.2 Å². The molecule has 0 bridgehead atoms. The van der Waals surface area contributed by atoms with Crippen molar-refractivity contribution in [3.05, 3.63) is 35.9 Å². The summed E-state index contributed by atoms with van der Waals surface area (Å²) in [7, 11) is 2.41. The molecule has 1 N–H and O–H groups in total. The van der Waals surface area contributed by atoms with Crippen molar-refractivity contribution >= 4 is 24.1 Å². The van der Waals surface area contributed by atoms with E-state index in [1.165, 1.54) is 20.4 Å². The van der Waals surface area contributed by atoms with Gasteiger partial charge in [0, 0.05) is 25.2 Å². The molecule has 1 aromatic rings. The van der Waals surface area contributed by atoms with Crippen molar-refractivity contribution in [2.45, 2.75) is 45.1 Å². The molecular formula is C24H32N2O6. The lowest BCUT2D eigenvalue weighted by molar-refractivity contribution is -0.167. The Hall–Kier alpha value is -2.90. The van der Waals surface area contributed by atoms with E-state index in [0.717, 1.165) is 24.8 Å². The Labute approximate surface area is 188 Å². The minimum absolute atomic E-state index is 0.0436. The Morgan fingerprint density at radius 2 is 1.81 bits per heavy atom. The van der Waals surface area contributed by atoms with Crippen molar-refractivity contribution in [3.63, 3.8) is 0 Å². The molecule has 2 aliphatic rings. The molecule has 0 unspecified atom stereocenters. The van der Waals surface area contributed by atoms with Crippen LogP contribution in [0.15, 0.2) is 35.5 Å². The van der Waals surface area contributed by atoms with Crippen LogP contribution in [-0.4, -0.2) is 54.9 Å². The molecule has 3 atom stereocenters. The Morgan fingerprint density at radius 3 is 2.44 bits per heavy atom. The van der Waals surface area contributed by atoms with Gasteiger partial charge in [0.05, 0.1) is 19.6 Å². The summed E-state index contributed by atoms with van der Waals surface area (Å²) in [6.07, 6.45) is 5.79. The van der Waals surface area contributed by atoms with Crippen LogP contribution in [0.1, 0.15) is 44.1 Å². The summed E-state index contributed by atoms with van der Waals surface area (Å²) in [5.74, 6) is -3.92. The summed E-state index contributed by atoms with van der Waals surface area (Å²) < 4.78 is 9.76. The number of likely N-dealkylation sites (tertiary alicyclic amines) is 1. The van der Waals surface area contributed by atoms with Gasteiger partial charge in [0.1, 0.15) is 0 Å². The Morgan fingerprint density at radius 1 is 1.16 bits per heavy atom. The molecule has 1 heterocycles. The molecule has 1 aliphatic carbocycles. The number of carbonyl (C=O) groups is 3. The lowest BCUT2D eigenvalue weighted by atomic mass is 9.56. The number of ether oxygens (including phenoxy) is 2. The normalized spacial score (nSPS) is 24.7. The molecule has 1 amide bonds. The fourth-order valence-corrected chi connectivity index (χ4v) is 5.63. The summed E-state index contributed by atoms with van der Waals surface area (Å²) in [4.78, 5) is 40.9. The first-order valence-corrected chi connectivity index (χ1v) is 11.1. The predicted molar refractivity (Wildman–Crippen MR) is 117 cm³/mol. The van der Waals surface area contributed by atoms with Crippen molar-refractivity contribution < 1.29 is 29.1 Å². The molecule has 1 saturated heterocycles. The number of hydrogen-bond donors (Lipinski definition) is 1. The number of amides is 1. The van der Waals surface area contributed by atoms with Crippen LogP contribution < -0.4 is 0 Å². The lowest BCUT2D eigenvalue weighted by Crippen LogP contribution is -2.56. The number of piperidine rings is 1. The van der Waals surface area contributed by atoms with Crippen LogP contribution in [0, 0.1) is 23.2 Å². The summed E-state index contributed by atoms with van der Waals surface area (Å²) in [6.45, 7) is 1.18. The van der Waals surface area contributed by atoms with E-state index in [0.29, 0.717) is 32.4 Å². The van der Waals surface area contributed by atoms with Crippen molar-refractivity contribution in [1.29, 1.82) is 0 Å². The topological polar surface area (TPSA) is 106 Å². The lowest BCUT2D eigenvalue weighted by Gasteiger charge is -2.51. The number of methoxy groups -OCH3 is 2. The fraction of sp³-hybridized carbons (Fsp3) is 0.583. The van der Waals surface area contributed by atoms with Gasteiger partial charge in [0.25, 0.3) is 0 Å². The van der Waals surface area contributed by atoms with Crippen molar-refractivity contribution in [3.8, 4) is 0 Å². The SMILES string of the molecule is COC(=O)C(C(=O)OC)[C@H](/C=N\O)[C@H]1CCCC[C@@]12CCCN(Cc1ccccc1)C2=O. The molecule has 1 spiro atoms. The van der Waals surface area contributed by atoms with Gasteiger partial charge in [-0.15, -0.1) is 5.16 Å². The van der Waals surface area contributed by atoms with Crippen LogP contribution in [0.25, 0.3) is 0 Å². The Kier molecular flexibility index (Phi) is 7.88. The number of carbonyl (C=O) groups excluding carboxylic acids is 3. The molecule has 1 saturated carbocycles. The number of hydrogen-bond acceptors (Lipinski definition) is 7. The highest BCUT2D eigenvalue weighted by Gasteiger charge is 2.55. The van der Waals surface area contributed by atoms with Crippen LogP contribution in [0.5, 0.6) is 0 Å². The molecule has 174 valence electrons. The first kappa shape index (κ1) is 23.8. The second kappa shape index (κ2) is 10.6. The molecule has 1 aromatic carbocycles. The highest BCUT2D eigenvalue weighted by Crippen LogP contribution is 2.52. The second-order valence-electron chi connectivity index (χ2n) is 8.69. The van der Waals surface area contributed by atoms with E-state index >= 15 is 0 Å². The fourth-order valence-electron chi connectivity index (χ4n) is 5.63. The zero-order valence-corrected chi connectivity index (χ0v) is 18.7. The third-order valence-electron chi connectivity index (χ3n) is 7.08. The summed E-state index contributed by atoms with van der Waals surface area (Å²) in [5, 5.41) is 12.6. The predicted octanol–water partition coefficient (Wildman–Crippen LogP) is 3.02. The van der Waals surface area contributed by atoms with Gasteiger partial charge in [-0.1, -0.05) is 43.2 Å². The van der Waals surface area contributed by atoms with Crippen LogP contribution in [0.4, 0.5) is 0 Å². The molecular weight excluding hydrogens is 412 g/mol. The maximum atomic E-state index is 13.9. The van der Waals surface area contributed by atoms with E-state index in [2.05, 4.69) is 5.16 Å². The van der Waals surface area contributed by atoms with E-state index in [-0.39, 0.29) is 11.8 Å². The first-order valence-electron chi connectivity index (χ1n) is 11.1. The number of esters is 2. The summed E-state index contributed by atoms with van der Waals surface area (Å²) >= 11 is 0. The quantitative estimate of drug-likeness (QED) is 0.228. The van der Waals surface area contributed by atoms with E-state index in [1.54, 1.807) is 0 Å². The van der Waals surface area contributed by atoms with Gasteiger partial charge in [-0.05, 0) is 37.2 Å². The Balaban J connectivity index is 1.98. The average Bonchev–Trinajstić information content (AvgIpc) is 2.82. The molecule has 8 nitrogen and oxygen atoms in total. The molecule has 1 aliphatic heterocycles. The average molecular weight is 445 g/mol. The molecule has 0 aromatic heterocycles. The van der Waals surface area contributed by atoms with Crippen molar-refractivity contribution in [2.24, 2.45) is 28.3 Å². The molecule has 32 heavy (non-hydrogen) atoms. The third kappa shape index (κ3) is 4.64. The van der Waals surface area contributed by atoms with Gasteiger partial charge in [0.2, 0.25) is 5.91 Å². The molecule has 0 radical (unpaired) electrons. The minimum Gasteiger partial charge on any atom is -0.468 e. The number of oxime groups is 1. The minimum atomic E-state index is -1.29. The summed E-state index contributed by atoms with van der Waals surface area (Å²) in [5.41, 5.74) is 0.331. The number of rotatable bonds is 7. The highest BCUT2D eigenvalue weighted by atomic mass is 16.5. The van der Waals surface area contributed by atoms with Crippen molar-refractivity contribution in [2.75, 3.05) is 20.8 Å². The monoisotopic (exact) mass is 444 g/mol. The van der Waals surface area contributed by atoms with Gasteiger partial charge in [0.15, 0.2) is 5.92 Å². The van der Waals surface area contributed by atoms with Gasteiger partial charge in [-0.2, -0.15) is 0 Å². The van der Waals surface area contributed by atoms with E-state index < -0.39 is 29.2 Å². The standard InChI is InChI=1S/C24H32N2O6/c1-31-21(27)20(22(28)32-2)18(15-25-30)19-11-6-7-12-24(19)13-8-14-26(23(24)29)16-17-9-4-3-5-10-17/h3-5,9-10,15,18-20,30H,6-8,11-14,16H2,1-2H3/b25-15-/t18-,19-,24-/m1/s1. The van der Waals surface area contributed by atoms with Crippen LogP contribution >= 0.6 is 0 Å². The highest BCUT2D eigenvalue weighted by molar-refractivity contribution is 5.98. The van der Waals surface area contributed by atoms with Crippen molar-refractivity contribution in [1.82, 2.24) is 4.90 Å². The smallest absolute Gasteiger partial charge is 0.320 e. The maximum absolute atomic E-state index is 13.9. The Bertz CT molecular complexity index is 822. The molecule has 2 fully saturated rings. The maximum Gasteiger partial charge on any atom is 0.320 e. The molecule has 8 heteroatoms. The summed E-state index contributed by atoms with van der Waals surface area (Å²) in [6, 6.07) is 9.85. The van der Waals surface area contributed by atoms with Gasteiger partial charge in [-0.3, -0.25) is 14.4 Å². The van der Waals surface area contributed by atoms with Crippen LogP contribution in [-0.2, 0) is 30.4 Å². The van der Waals surface area contributed by atoms with Crippen LogP contribution in [0.3, 0.4) is 0 Å². The van der Waals surface area contributed by atoms with E-state index in [4.69, 9.17) is 9.47 Å². The van der Waals surface area contributed by atoms with Gasteiger partial charge >= 0.3 is 11.9 Å². The van der Waals surface area contributed by atoms with Crippen LogP contribution in [0.2, 0.25) is 0 Å². The third-order valence-corrected chi connectivity index (χ3v) is 7.08. The molecule has 3 rings (SSSR count). The zero-order valence-electron chi connectivity index (χ0n) is 18.7. The van der Waals surface area contributed by atoms with Gasteiger partial charge < -0.3 is 19.6 Å². The zero-order chi connectivity index (χ0) is 23.1.